The smallest absolute Gasteiger partial charge is 0.318 e. The van der Waals surface area contributed by atoms with Crippen LogP contribution in [-0.4, -0.2) is 40.5 Å². The van der Waals surface area contributed by atoms with Gasteiger partial charge in [-0.1, -0.05) is 5.10 Å². The highest BCUT2D eigenvalue weighted by Crippen LogP contribution is 2.13. The summed E-state index contributed by atoms with van der Waals surface area (Å²) < 4.78 is 5.49. The zero-order valence-electron chi connectivity index (χ0n) is 11.2. The second kappa shape index (κ2) is 5.46. The lowest BCUT2D eigenvalue weighted by atomic mass is 10.1. The zero-order chi connectivity index (χ0) is 13.1. The van der Waals surface area contributed by atoms with Crippen molar-refractivity contribution in [2.45, 2.75) is 45.8 Å². The predicted molar refractivity (Wildman–Crippen MR) is 65.8 cm³/mol. The Kier molecular flexibility index (Phi) is 4.47. The van der Waals surface area contributed by atoms with Crippen molar-refractivity contribution in [3.05, 3.63) is 5.89 Å². The number of nitrogens with zero attached hydrogens (tertiary/aromatic N) is 3. The molecule has 0 fully saturated rings. The summed E-state index contributed by atoms with van der Waals surface area (Å²) in [5, 5.41) is 20.2. The van der Waals surface area contributed by atoms with E-state index in [1.165, 1.54) is 0 Å². The summed E-state index contributed by atoms with van der Waals surface area (Å²) in [5.74, 6) is 0.548. The Labute approximate surface area is 102 Å². The molecule has 0 saturated heterocycles. The summed E-state index contributed by atoms with van der Waals surface area (Å²) in [6, 6.07) is 0.385. The van der Waals surface area contributed by atoms with Gasteiger partial charge in [0.25, 0.3) is 0 Å². The fourth-order valence-electron chi connectivity index (χ4n) is 1.11. The maximum absolute atomic E-state index is 9.04. The van der Waals surface area contributed by atoms with E-state index in [2.05, 4.69) is 36.3 Å². The van der Waals surface area contributed by atoms with E-state index in [4.69, 9.17) is 9.52 Å². The van der Waals surface area contributed by atoms with Crippen LogP contribution < -0.4 is 10.2 Å². The van der Waals surface area contributed by atoms with Crippen LogP contribution in [0.15, 0.2) is 4.42 Å². The molecule has 1 heterocycles. The number of aliphatic hydroxyl groups excluding tert-OH is 1. The van der Waals surface area contributed by atoms with Gasteiger partial charge in [-0.3, -0.25) is 0 Å². The molecule has 2 N–H and O–H groups in total. The van der Waals surface area contributed by atoms with Crippen molar-refractivity contribution in [2.24, 2.45) is 0 Å². The first-order valence-electron chi connectivity index (χ1n) is 5.74. The van der Waals surface area contributed by atoms with Crippen LogP contribution in [0.2, 0.25) is 0 Å². The molecule has 0 aliphatic heterocycles. The summed E-state index contributed by atoms with van der Waals surface area (Å²) in [6.45, 7) is 8.70. The Morgan fingerprint density at radius 1 is 1.41 bits per heavy atom. The first-order valence-corrected chi connectivity index (χ1v) is 5.74. The molecule has 1 atom stereocenters. The maximum atomic E-state index is 9.04. The molecule has 98 valence electrons. The van der Waals surface area contributed by atoms with Crippen LogP contribution in [0.25, 0.3) is 0 Å². The Morgan fingerprint density at radius 3 is 2.59 bits per heavy atom. The topological polar surface area (TPSA) is 74.4 Å². The average Bonchev–Trinajstić information content (AvgIpc) is 2.72. The second-order valence-corrected chi connectivity index (χ2v) is 5.22. The van der Waals surface area contributed by atoms with E-state index in [1.807, 2.05) is 14.0 Å². The van der Waals surface area contributed by atoms with Gasteiger partial charge in [0.1, 0.15) is 0 Å². The lowest BCUT2D eigenvalue weighted by Gasteiger charge is -2.20. The molecule has 0 amide bonds. The molecular formula is C11H22N4O2. The molecule has 0 saturated carbocycles. The van der Waals surface area contributed by atoms with E-state index in [9.17, 15) is 0 Å². The number of hydrogen-bond donors (Lipinski definition) is 2. The van der Waals surface area contributed by atoms with Crippen LogP contribution in [0.4, 0.5) is 6.01 Å². The molecule has 0 bridgehead atoms. The van der Waals surface area contributed by atoms with Gasteiger partial charge in [-0.25, -0.2) is 0 Å². The molecule has 0 spiro atoms. The van der Waals surface area contributed by atoms with Crippen LogP contribution in [0.3, 0.4) is 0 Å². The molecule has 6 heteroatoms. The largest absolute Gasteiger partial charge is 0.407 e. The van der Waals surface area contributed by atoms with Crippen molar-refractivity contribution in [3.8, 4) is 0 Å². The van der Waals surface area contributed by atoms with Crippen molar-refractivity contribution >= 4 is 6.01 Å². The lowest BCUT2D eigenvalue weighted by Crippen LogP contribution is -2.35. The molecule has 0 radical (unpaired) electrons. The minimum absolute atomic E-state index is 0.0128. The quantitative estimate of drug-likeness (QED) is 0.794. The normalized spacial score (nSPS) is 13.8. The summed E-state index contributed by atoms with van der Waals surface area (Å²) in [7, 11) is 1.81. The number of aliphatic hydroxyl groups is 1. The first-order chi connectivity index (χ1) is 7.83. The SMILES string of the molecule is CC(CO)N(C)c1nnc(CNC(C)(C)C)o1. The summed E-state index contributed by atoms with van der Waals surface area (Å²) in [4.78, 5) is 1.76. The third kappa shape index (κ3) is 4.32. The van der Waals surface area contributed by atoms with Gasteiger partial charge in [-0.05, 0) is 27.7 Å². The molecule has 1 rings (SSSR count). The number of hydrogen-bond acceptors (Lipinski definition) is 6. The van der Waals surface area contributed by atoms with Gasteiger partial charge in [0.15, 0.2) is 0 Å². The Morgan fingerprint density at radius 2 is 2.06 bits per heavy atom. The van der Waals surface area contributed by atoms with E-state index in [-0.39, 0.29) is 18.2 Å². The summed E-state index contributed by atoms with van der Waals surface area (Å²) in [5.41, 5.74) is 0.0128. The highest BCUT2D eigenvalue weighted by Gasteiger charge is 2.16. The van der Waals surface area contributed by atoms with Crippen molar-refractivity contribution in [1.29, 1.82) is 0 Å². The minimum atomic E-state index is -0.0427. The molecule has 0 aliphatic rings. The van der Waals surface area contributed by atoms with Crippen LogP contribution in [0.1, 0.15) is 33.6 Å². The number of rotatable bonds is 5. The minimum Gasteiger partial charge on any atom is -0.407 e. The third-order valence-electron chi connectivity index (χ3n) is 2.45. The molecule has 1 aromatic rings. The van der Waals surface area contributed by atoms with Crippen molar-refractivity contribution in [1.82, 2.24) is 15.5 Å². The number of anilines is 1. The second-order valence-electron chi connectivity index (χ2n) is 5.22. The Hall–Kier alpha value is -1.14. The van der Waals surface area contributed by atoms with Gasteiger partial charge >= 0.3 is 6.01 Å². The fourth-order valence-corrected chi connectivity index (χ4v) is 1.11. The number of aromatic nitrogens is 2. The highest BCUT2D eigenvalue weighted by atomic mass is 16.4. The molecule has 0 aliphatic carbocycles. The van der Waals surface area contributed by atoms with Gasteiger partial charge < -0.3 is 19.7 Å². The van der Waals surface area contributed by atoms with Gasteiger partial charge in [0, 0.05) is 12.6 Å². The molecule has 1 aromatic heterocycles. The summed E-state index contributed by atoms with van der Waals surface area (Å²) in [6.07, 6.45) is 0. The highest BCUT2D eigenvalue weighted by molar-refractivity contribution is 5.23. The third-order valence-corrected chi connectivity index (χ3v) is 2.45. The Bertz CT molecular complexity index is 345. The van der Waals surface area contributed by atoms with Gasteiger partial charge in [-0.15, -0.1) is 5.10 Å². The first kappa shape index (κ1) is 13.9. The molecule has 6 nitrogen and oxygen atoms in total. The zero-order valence-corrected chi connectivity index (χ0v) is 11.2. The standard InChI is InChI=1S/C11H22N4O2/c1-8(7-16)15(5)10-14-13-9(17-10)6-12-11(2,3)4/h8,12,16H,6-7H2,1-5H3. The molecule has 1 unspecified atom stereocenters. The monoisotopic (exact) mass is 242 g/mol. The van der Waals surface area contributed by atoms with Crippen molar-refractivity contribution < 1.29 is 9.52 Å². The van der Waals surface area contributed by atoms with Crippen molar-refractivity contribution in [3.63, 3.8) is 0 Å². The van der Waals surface area contributed by atoms with Gasteiger partial charge in [0.2, 0.25) is 5.89 Å². The Balaban J connectivity index is 2.59. The number of likely N-dealkylation sites (N-methyl/N-ethyl adjacent to an activating group) is 1. The molecular weight excluding hydrogens is 220 g/mol. The van der Waals surface area contributed by atoms with E-state index < -0.39 is 0 Å². The fraction of sp³-hybridized carbons (Fsp3) is 0.818. The molecule has 17 heavy (non-hydrogen) atoms. The number of nitrogens with one attached hydrogen (secondary N) is 1. The predicted octanol–water partition coefficient (Wildman–Crippen LogP) is 0.775. The van der Waals surface area contributed by atoms with E-state index in [0.29, 0.717) is 18.5 Å². The van der Waals surface area contributed by atoms with Gasteiger partial charge in [0.05, 0.1) is 19.2 Å². The van der Waals surface area contributed by atoms with Crippen LogP contribution in [0, 0.1) is 0 Å². The molecule has 0 aromatic carbocycles. The van der Waals surface area contributed by atoms with E-state index in [1.54, 1.807) is 4.90 Å². The van der Waals surface area contributed by atoms with Crippen molar-refractivity contribution in [2.75, 3.05) is 18.6 Å². The average molecular weight is 242 g/mol. The van der Waals surface area contributed by atoms with E-state index >= 15 is 0 Å². The van der Waals surface area contributed by atoms with Crippen LogP contribution in [0.5, 0.6) is 0 Å². The summed E-state index contributed by atoms with van der Waals surface area (Å²) >= 11 is 0. The van der Waals surface area contributed by atoms with E-state index in [0.717, 1.165) is 0 Å². The lowest BCUT2D eigenvalue weighted by molar-refractivity contribution is 0.265. The van der Waals surface area contributed by atoms with Gasteiger partial charge in [-0.2, -0.15) is 0 Å². The van der Waals surface area contributed by atoms with Crippen LogP contribution >= 0.6 is 0 Å². The maximum Gasteiger partial charge on any atom is 0.318 e. The van der Waals surface area contributed by atoms with Crippen LogP contribution in [-0.2, 0) is 6.54 Å².